The van der Waals surface area contributed by atoms with Gasteiger partial charge in [0.1, 0.15) is 5.75 Å². The normalized spacial score (nSPS) is 15.5. The van der Waals surface area contributed by atoms with Crippen molar-refractivity contribution < 1.29 is 19.1 Å². The van der Waals surface area contributed by atoms with E-state index in [1.165, 1.54) is 47.9 Å². The molecule has 3 heterocycles. The van der Waals surface area contributed by atoms with Crippen LogP contribution in [-0.2, 0) is 20.7 Å². The van der Waals surface area contributed by atoms with Gasteiger partial charge >= 0.3 is 5.97 Å². The third-order valence-corrected chi connectivity index (χ3v) is 9.80. The number of carbonyl (C=O) groups excluding carboxylic acids is 2. The summed E-state index contributed by atoms with van der Waals surface area (Å²) in [5, 5.41) is 3.56. The largest absolute Gasteiger partial charge is 0.494 e. The summed E-state index contributed by atoms with van der Waals surface area (Å²) in [4.78, 5) is 31.8. The van der Waals surface area contributed by atoms with E-state index < -0.39 is 0 Å². The van der Waals surface area contributed by atoms with Crippen LogP contribution in [0.5, 0.6) is 5.75 Å². The number of ether oxygens (including phenoxy) is 2. The van der Waals surface area contributed by atoms with Gasteiger partial charge in [-0.3, -0.25) is 19.4 Å². The predicted octanol–water partition coefficient (Wildman–Crippen LogP) is 7.80. The topological polar surface area (TPSA) is 62.3 Å². The van der Waals surface area contributed by atoms with Gasteiger partial charge in [-0.15, -0.1) is 11.3 Å². The molecule has 0 N–H and O–H groups in total. The van der Waals surface area contributed by atoms with Crippen LogP contribution in [0.4, 0.5) is 11.4 Å². The van der Waals surface area contributed by atoms with Crippen molar-refractivity contribution in [3.8, 4) is 5.75 Å². The lowest BCUT2D eigenvalue weighted by atomic mass is 10.0. The summed E-state index contributed by atoms with van der Waals surface area (Å²) in [5.41, 5.74) is 3.26. The minimum Gasteiger partial charge on any atom is -0.494 e. The van der Waals surface area contributed by atoms with Gasteiger partial charge in [0.15, 0.2) is 6.73 Å². The molecular formula is C36H49N3O4S. The Morgan fingerprint density at radius 1 is 0.864 bits per heavy atom. The molecule has 0 radical (unpaired) electrons. The molecule has 238 valence electrons. The Balaban J connectivity index is 1.00. The highest BCUT2D eigenvalue weighted by Crippen LogP contribution is 2.33. The average Bonchev–Trinajstić information content (AvgIpc) is 3.53. The molecule has 3 aromatic rings. The second-order valence-corrected chi connectivity index (χ2v) is 13.1. The van der Waals surface area contributed by atoms with Gasteiger partial charge < -0.3 is 14.4 Å². The molecule has 0 unspecified atom stereocenters. The summed E-state index contributed by atoms with van der Waals surface area (Å²) in [6.07, 6.45) is 11.7. The van der Waals surface area contributed by atoms with Gasteiger partial charge in [0.05, 0.1) is 12.3 Å². The lowest BCUT2D eigenvalue weighted by Crippen LogP contribution is -2.46. The SMILES string of the molecule is CCCCCCCCCC(=O)OCN1C(=O)CCc2ccc(OCCCCN3CCN(c4cccc5sccc45)CC3)cc21. The van der Waals surface area contributed by atoms with E-state index in [-0.39, 0.29) is 18.6 Å². The van der Waals surface area contributed by atoms with E-state index in [1.54, 1.807) is 4.90 Å². The Bertz CT molecular complexity index is 1350. The van der Waals surface area contributed by atoms with E-state index in [4.69, 9.17) is 9.47 Å². The fourth-order valence-corrected chi connectivity index (χ4v) is 7.08. The van der Waals surface area contributed by atoms with Crippen LogP contribution in [-0.4, -0.2) is 62.8 Å². The van der Waals surface area contributed by atoms with E-state index >= 15 is 0 Å². The van der Waals surface area contributed by atoms with Gasteiger partial charge in [0.25, 0.3) is 0 Å². The van der Waals surface area contributed by atoms with Crippen molar-refractivity contribution in [3.05, 3.63) is 53.4 Å². The molecule has 2 aliphatic rings. The first-order valence-corrected chi connectivity index (χ1v) is 17.7. The molecule has 1 fully saturated rings. The standard InChI is InChI=1S/C36H49N3O4S/c1-2-3-4-5-6-7-8-14-36(41)43-28-39-33-27-30(17-15-29(33)16-18-35(39)40)42-25-10-9-20-37-21-23-38(24-22-37)32-12-11-13-34-31(32)19-26-44-34/h11-13,15,17,19,26-27H,2-10,14,16,18,20-25,28H2,1H3. The number of carbonyl (C=O) groups is 2. The van der Waals surface area contributed by atoms with Gasteiger partial charge in [-0.25, -0.2) is 0 Å². The van der Waals surface area contributed by atoms with Crippen LogP contribution in [0.15, 0.2) is 47.8 Å². The van der Waals surface area contributed by atoms with E-state index in [1.807, 2.05) is 29.5 Å². The fourth-order valence-electron chi connectivity index (χ4n) is 6.28. The maximum Gasteiger partial charge on any atom is 0.307 e. The summed E-state index contributed by atoms with van der Waals surface area (Å²) in [6, 6.07) is 14.8. The fraction of sp³-hybridized carbons (Fsp3) is 0.556. The van der Waals surface area contributed by atoms with Crippen LogP contribution < -0.4 is 14.5 Å². The van der Waals surface area contributed by atoms with Crippen LogP contribution >= 0.6 is 11.3 Å². The summed E-state index contributed by atoms with van der Waals surface area (Å²) < 4.78 is 13.0. The summed E-state index contributed by atoms with van der Waals surface area (Å²) in [7, 11) is 0. The second kappa shape index (κ2) is 16.8. The van der Waals surface area contributed by atoms with Crippen molar-refractivity contribution in [1.29, 1.82) is 0 Å². The van der Waals surface area contributed by atoms with E-state index in [2.05, 4.69) is 46.4 Å². The van der Waals surface area contributed by atoms with Crippen molar-refractivity contribution in [2.75, 3.05) is 55.9 Å². The average molecular weight is 620 g/mol. The molecule has 1 aromatic heterocycles. The molecule has 0 spiro atoms. The molecule has 7 nitrogen and oxygen atoms in total. The molecule has 1 amide bonds. The highest BCUT2D eigenvalue weighted by molar-refractivity contribution is 7.17. The van der Waals surface area contributed by atoms with Gasteiger partial charge in [-0.2, -0.15) is 0 Å². The number of unbranched alkanes of at least 4 members (excludes halogenated alkanes) is 7. The van der Waals surface area contributed by atoms with Crippen LogP contribution in [0.3, 0.4) is 0 Å². The number of anilines is 2. The number of benzene rings is 2. The lowest BCUT2D eigenvalue weighted by molar-refractivity contribution is -0.144. The zero-order chi connectivity index (χ0) is 30.6. The quantitative estimate of drug-likeness (QED) is 0.114. The van der Waals surface area contributed by atoms with E-state index in [0.29, 0.717) is 25.9 Å². The number of amides is 1. The van der Waals surface area contributed by atoms with Gasteiger partial charge in [0.2, 0.25) is 5.91 Å². The van der Waals surface area contributed by atoms with Gasteiger partial charge in [-0.1, -0.05) is 57.6 Å². The Morgan fingerprint density at radius 3 is 2.52 bits per heavy atom. The molecule has 2 aliphatic heterocycles. The minimum atomic E-state index is -0.230. The zero-order valence-electron chi connectivity index (χ0n) is 26.4. The first-order chi connectivity index (χ1) is 21.6. The number of rotatable bonds is 17. The molecule has 0 atom stereocenters. The summed E-state index contributed by atoms with van der Waals surface area (Å²) >= 11 is 1.81. The van der Waals surface area contributed by atoms with Crippen LogP contribution in [0.1, 0.15) is 83.1 Å². The number of piperazine rings is 1. The zero-order valence-corrected chi connectivity index (χ0v) is 27.3. The van der Waals surface area contributed by atoms with E-state index in [9.17, 15) is 9.59 Å². The lowest BCUT2D eigenvalue weighted by Gasteiger charge is -2.36. The van der Waals surface area contributed by atoms with Crippen molar-refractivity contribution in [1.82, 2.24) is 4.90 Å². The molecule has 2 aromatic carbocycles. The molecule has 8 heteroatoms. The number of aryl methyl sites for hydroxylation is 1. The number of thiophene rings is 1. The van der Waals surface area contributed by atoms with Crippen LogP contribution in [0.25, 0.3) is 10.1 Å². The van der Waals surface area contributed by atoms with Gasteiger partial charge in [-0.05, 0) is 67.4 Å². The third kappa shape index (κ3) is 8.98. The monoisotopic (exact) mass is 619 g/mol. The van der Waals surface area contributed by atoms with Crippen LogP contribution in [0.2, 0.25) is 0 Å². The van der Waals surface area contributed by atoms with Crippen molar-refractivity contribution >= 4 is 44.7 Å². The van der Waals surface area contributed by atoms with Crippen molar-refractivity contribution in [2.45, 2.75) is 84.0 Å². The maximum atomic E-state index is 12.7. The number of nitrogens with zero attached hydrogens (tertiary/aromatic N) is 3. The molecule has 0 bridgehead atoms. The van der Waals surface area contributed by atoms with Gasteiger partial charge in [0, 0.05) is 60.9 Å². The number of esters is 1. The summed E-state index contributed by atoms with van der Waals surface area (Å²) in [5.74, 6) is 0.520. The molecular weight excluding hydrogens is 570 g/mol. The molecule has 0 saturated carbocycles. The third-order valence-electron chi connectivity index (χ3n) is 8.92. The Kier molecular flexibility index (Phi) is 12.4. The number of fused-ring (bicyclic) bond motifs is 2. The van der Waals surface area contributed by atoms with Crippen molar-refractivity contribution in [2.24, 2.45) is 0 Å². The van der Waals surface area contributed by atoms with E-state index in [0.717, 1.165) is 75.4 Å². The van der Waals surface area contributed by atoms with Crippen molar-refractivity contribution in [3.63, 3.8) is 0 Å². The highest BCUT2D eigenvalue weighted by atomic mass is 32.1. The Morgan fingerprint density at radius 2 is 1.68 bits per heavy atom. The smallest absolute Gasteiger partial charge is 0.307 e. The Hall–Kier alpha value is -3.10. The Labute approximate surface area is 267 Å². The molecule has 44 heavy (non-hydrogen) atoms. The first-order valence-electron chi connectivity index (χ1n) is 16.8. The molecule has 1 saturated heterocycles. The van der Waals surface area contributed by atoms with Crippen LogP contribution in [0, 0.1) is 0 Å². The number of hydrogen-bond donors (Lipinski definition) is 0. The number of hydrogen-bond acceptors (Lipinski definition) is 7. The first kappa shape index (κ1) is 32.3. The summed E-state index contributed by atoms with van der Waals surface area (Å²) in [6.45, 7) is 8.19. The maximum absolute atomic E-state index is 12.7. The molecule has 5 rings (SSSR count). The minimum absolute atomic E-state index is 0.00882. The molecule has 0 aliphatic carbocycles. The predicted molar refractivity (Wildman–Crippen MR) is 181 cm³/mol. The highest BCUT2D eigenvalue weighted by Gasteiger charge is 2.26. The second-order valence-electron chi connectivity index (χ2n) is 12.1.